The van der Waals surface area contributed by atoms with Gasteiger partial charge in [0.2, 0.25) is 0 Å². The van der Waals surface area contributed by atoms with Gasteiger partial charge < -0.3 is 15.2 Å². The maximum Gasteiger partial charge on any atom is 0.272 e. The summed E-state index contributed by atoms with van der Waals surface area (Å²) < 4.78 is 16.3. The number of carbonyl (C=O) groups excluding carboxylic acids is 1. The Bertz CT molecular complexity index is 706. The average molecular weight is 287 g/mol. The predicted octanol–water partition coefficient (Wildman–Crippen LogP) is 2.37. The van der Waals surface area contributed by atoms with Crippen molar-refractivity contribution in [1.82, 2.24) is 9.88 Å². The van der Waals surface area contributed by atoms with Crippen molar-refractivity contribution >= 4 is 11.6 Å². The molecule has 0 spiro atoms. The summed E-state index contributed by atoms with van der Waals surface area (Å²) in [6, 6.07) is 7.11. The maximum atomic E-state index is 14.5. The minimum Gasteiger partial charge on any atom is -0.344 e. The topological polar surface area (TPSA) is 46.1 Å². The molecule has 2 aromatic rings. The molecule has 1 amide bonds. The molecule has 1 aliphatic heterocycles. The lowest BCUT2D eigenvalue weighted by Gasteiger charge is -2.19. The molecule has 2 heterocycles. The van der Waals surface area contributed by atoms with Crippen LogP contribution >= 0.6 is 0 Å². The molecule has 110 valence electrons. The number of carbonyl (C=O) groups is 1. The second-order valence-corrected chi connectivity index (χ2v) is 5.36. The lowest BCUT2D eigenvalue weighted by atomic mass is 9.99. The van der Waals surface area contributed by atoms with Gasteiger partial charge >= 0.3 is 0 Å². The van der Waals surface area contributed by atoms with E-state index >= 15 is 0 Å². The fourth-order valence-corrected chi connectivity index (χ4v) is 2.66. The summed E-state index contributed by atoms with van der Waals surface area (Å²) in [6.07, 6.45) is 0.647. The van der Waals surface area contributed by atoms with Crippen LogP contribution in [0.25, 0.3) is 0 Å². The number of aryl methyl sites for hydroxylation is 1. The van der Waals surface area contributed by atoms with Crippen LogP contribution in [0.3, 0.4) is 0 Å². The van der Waals surface area contributed by atoms with Gasteiger partial charge in [0.15, 0.2) is 0 Å². The summed E-state index contributed by atoms with van der Waals surface area (Å²) in [4.78, 5) is 12.3. The molecule has 0 unspecified atom stereocenters. The number of nitrogens with one attached hydrogen (secondary N) is 2. The van der Waals surface area contributed by atoms with Gasteiger partial charge in [0, 0.05) is 19.3 Å². The van der Waals surface area contributed by atoms with E-state index in [1.165, 1.54) is 0 Å². The molecule has 1 aliphatic rings. The van der Waals surface area contributed by atoms with Crippen LogP contribution in [0, 0.1) is 12.7 Å². The van der Waals surface area contributed by atoms with Crippen molar-refractivity contribution in [2.75, 3.05) is 11.9 Å². The molecule has 0 radical (unpaired) electrons. The second kappa shape index (κ2) is 5.33. The standard InChI is InChI=1S/C16H18FN3O/c1-10-3-6-14(20(10)2)16(21)19-13-5-4-11-9-18-8-7-12(11)15(13)17/h3-6,18H,7-9H2,1-2H3,(H,19,21). The summed E-state index contributed by atoms with van der Waals surface area (Å²) in [5, 5.41) is 5.88. The summed E-state index contributed by atoms with van der Waals surface area (Å²) in [5.41, 5.74) is 3.42. The smallest absolute Gasteiger partial charge is 0.272 e. The summed E-state index contributed by atoms with van der Waals surface area (Å²) in [7, 11) is 1.82. The highest BCUT2D eigenvalue weighted by atomic mass is 19.1. The SMILES string of the molecule is Cc1ccc(C(=O)Nc2ccc3c(c2F)CCNC3)n1C. The second-order valence-electron chi connectivity index (χ2n) is 5.36. The number of hydrogen-bond donors (Lipinski definition) is 2. The quantitative estimate of drug-likeness (QED) is 0.891. The Morgan fingerprint density at radius 1 is 1.33 bits per heavy atom. The zero-order valence-corrected chi connectivity index (χ0v) is 12.2. The van der Waals surface area contributed by atoms with Gasteiger partial charge in [-0.05, 0) is 49.2 Å². The van der Waals surface area contributed by atoms with E-state index < -0.39 is 0 Å². The molecule has 0 bridgehead atoms. The lowest BCUT2D eigenvalue weighted by molar-refractivity contribution is 0.101. The van der Waals surface area contributed by atoms with E-state index in [0.29, 0.717) is 24.2 Å². The highest BCUT2D eigenvalue weighted by molar-refractivity contribution is 6.03. The number of amides is 1. The first-order chi connectivity index (χ1) is 10.1. The number of anilines is 1. The molecular formula is C16H18FN3O. The molecule has 0 fully saturated rings. The number of hydrogen-bond acceptors (Lipinski definition) is 2. The van der Waals surface area contributed by atoms with Crippen LogP contribution < -0.4 is 10.6 Å². The van der Waals surface area contributed by atoms with E-state index in [4.69, 9.17) is 0 Å². The number of halogens is 1. The average Bonchev–Trinajstić information content (AvgIpc) is 2.82. The Hall–Kier alpha value is -2.14. The Morgan fingerprint density at radius 3 is 2.86 bits per heavy atom. The fourth-order valence-electron chi connectivity index (χ4n) is 2.66. The monoisotopic (exact) mass is 287 g/mol. The van der Waals surface area contributed by atoms with E-state index in [1.807, 2.05) is 26.1 Å². The zero-order chi connectivity index (χ0) is 15.0. The minimum atomic E-state index is -0.312. The van der Waals surface area contributed by atoms with Crippen molar-refractivity contribution in [3.05, 3.63) is 52.6 Å². The molecule has 0 aliphatic carbocycles. The van der Waals surface area contributed by atoms with Gasteiger partial charge in [0.05, 0.1) is 5.69 Å². The van der Waals surface area contributed by atoms with Crippen molar-refractivity contribution in [2.24, 2.45) is 7.05 Å². The van der Waals surface area contributed by atoms with Crippen molar-refractivity contribution in [1.29, 1.82) is 0 Å². The summed E-state index contributed by atoms with van der Waals surface area (Å²) in [5.74, 6) is -0.605. The Labute approximate surface area is 123 Å². The van der Waals surface area contributed by atoms with Crippen molar-refractivity contribution < 1.29 is 9.18 Å². The maximum absolute atomic E-state index is 14.5. The highest BCUT2D eigenvalue weighted by Crippen LogP contribution is 2.25. The molecular weight excluding hydrogens is 269 g/mol. The van der Waals surface area contributed by atoms with E-state index in [2.05, 4.69) is 10.6 Å². The van der Waals surface area contributed by atoms with E-state index in [9.17, 15) is 9.18 Å². The number of rotatable bonds is 2. The molecule has 2 N–H and O–H groups in total. The predicted molar refractivity (Wildman–Crippen MR) is 79.9 cm³/mol. The Balaban J connectivity index is 1.88. The molecule has 5 heteroatoms. The van der Waals surface area contributed by atoms with E-state index in [-0.39, 0.29) is 17.4 Å². The third-order valence-corrected chi connectivity index (χ3v) is 4.06. The normalized spacial score (nSPS) is 13.9. The molecule has 4 nitrogen and oxygen atoms in total. The van der Waals surface area contributed by atoms with Crippen molar-refractivity contribution in [3.8, 4) is 0 Å². The Morgan fingerprint density at radius 2 is 2.14 bits per heavy atom. The third-order valence-electron chi connectivity index (χ3n) is 4.06. The van der Waals surface area contributed by atoms with Crippen LogP contribution in [0.2, 0.25) is 0 Å². The molecule has 0 atom stereocenters. The first-order valence-corrected chi connectivity index (χ1v) is 7.02. The number of aromatic nitrogens is 1. The number of benzene rings is 1. The molecule has 0 saturated heterocycles. The van der Waals surface area contributed by atoms with E-state index in [1.54, 1.807) is 16.7 Å². The van der Waals surface area contributed by atoms with Crippen LogP contribution in [-0.2, 0) is 20.0 Å². The summed E-state index contributed by atoms with van der Waals surface area (Å²) >= 11 is 0. The van der Waals surface area contributed by atoms with Gasteiger partial charge in [-0.1, -0.05) is 6.07 Å². The molecule has 1 aromatic heterocycles. The van der Waals surface area contributed by atoms with Crippen molar-refractivity contribution in [3.63, 3.8) is 0 Å². The van der Waals surface area contributed by atoms with Gasteiger partial charge in [-0.2, -0.15) is 0 Å². The molecule has 3 rings (SSSR count). The van der Waals surface area contributed by atoms with Gasteiger partial charge in [-0.15, -0.1) is 0 Å². The van der Waals surface area contributed by atoms with E-state index in [0.717, 1.165) is 17.8 Å². The van der Waals surface area contributed by atoms with Crippen molar-refractivity contribution in [2.45, 2.75) is 19.9 Å². The van der Waals surface area contributed by atoms with Gasteiger partial charge in [0.1, 0.15) is 11.5 Å². The van der Waals surface area contributed by atoms with Gasteiger partial charge in [-0.25, -0.2) is 4.39 Å². The lowest BCUT2D eigenvalue weighted by Crippen LogP contribution is -2.25. The fraction of sp³-hybridized carbons (Fsp3) is 0.312. The Kier molecular flexibility index (Phi) is 3.51. The van der Waals surface area contributed by atoms with Crippen LogP contribution in [0.15, 0.2) is 24.3 Å². The van der Waals surface area contributed by atoms with Crippen LogP contribution in [0.4, 0.5) is 10.1 Å². The largest absolute Gasteiger partial charge is 0.344 e. The first-order valence-electron chi connectivity index (χ1n) is 7.02. The van der Waals surface area contributed by atoms with Crippen LogP contribution in [0.1, 0.15) is 27.3 Å². The minimum absolute atomic E-state index is 0.250. The van der Waals surface area contributed by atoms with Crippen LogP contribution in [-0.4, -0.2) is 17.0 Å². The van der Waals surface area contributed by atoms with Gasteiger partial charge in [-0.3, -0.25) is 4.79 Å². The third kappa shape index (κ3) is 2.45. The summed E-state index contributed by atoms with van der Waals surface area (Å²) in [6.45, 7) is 3.36. The van der Waals surface area contributed by atoms with Crippen LogP contribution in [0.5, 0.6) is 0 Å². The molecule has 0 saturated carbocycles. The molecule has 1 aromatic carbocycles. The number of nitrogens with zero attached hydrogens (tertiary/aromatic N) is 1. The molecule has 21 heavy (non-hydrogen) atoms. The zero-order valence-electron chi connectivity index (χ0n) is 12.2. The highest BCUT2D eigenvalue weighted by Gasteiger charge is 2.19. The number of fused-ring (bicyclic) bond motifs is 1. The van der Waals surface area contributed by atoms with Gasteiger partial charge in [0.25, 0.3) is 5.91 Å². The first kappa shape index (κ1) is 13.8.